The average Bonchev–Trinajstić information content (AvgIpc) is 3.35. The Labute approximate surface area is 254 Å². The fourth-order valence-corrected chi connectivity index (χ4v) is 5.41. The van der Waals surface area contributed by atoms with Crippen molar-refractivity contribution in [2.75, 3.05) is 6.61 Å². The molecule has 7 rings (SSSR count). The van der Waals surface area contributed by atoms with Crippen LogP contribution in [0.2, 0.25) is 0 Å². The Bertz CT molecular complexity index is 2070. The molecular formula is C34H25F3N4O4. The van der Waals surface area contributed by atoms with Gasteiger partial charge >= 0.3 is 5.97 Å². The minimum Gasteiger partial charge on any atom is -0.478 e. The zero-order valence-corrected chi connectivity index (χ0v) is 23.7. The third-order valence-electron chi connectivity index (χ3n) is 7.90. The molecule has 0 unspecified atom stereocenters. The highest BCUT2D eigenvalue weighted by molar-refractivity contribution is 5.92. The number of aromatic nitrogens is 4. The molecule has 1 N–H and O–H groups in total. The van der Waals surface area contributed by atoms with Crippen molar-refractivity contribution >= 4 is 27.9 Å². The van der Waals surface area contributed by atoms with E-state index in [1.807, 2.05) is 6.07 Å². The smallest absolute Gasteiger partial charge is 0.335 e. The van der Waals surface area contributed by atoms with Crippen LogP contribution in [-0.4, -0.2) is 43.3 Å². The molecule has 1 aliphatic heterocycles. The first-order valence-electron chi connectivity index (χ1n) is 14.3. The highest BCUT2D eigenvalue weighted by atomic mass is 19.1. The number of aromatic carboxylic acids is 1. The summed E-state index contributed by atoms with van der Waals surface area (Å²) < 4.78 is 58.8. The van der Waals surface area contributed by atoms with Crippen LogP contribution in [0.3, 0.4) is 0 Å². The Morgan fingerprint density at radius 3 is 2.53 bits per heavy atom. The van der Waals surface area contributed by atoms with Gasteiger partial charge in [-0.25, -0.2) is 27.9 Å². The Morgan fingerprint density at radius 2 is 1.78 bits per heavy atom. The topological polar surface area (TPSA) is 99.4 Å². The van der Waals surface area contributed by atoms with Crippen molar-refractivity contribution in [1.82, 2.24) is 19.5 Å². The molecule has 0 aliphatic carbocycles. The van der Waals surface area contributed by atoms with Gasteiger partial charge in [0.15, 0.2) is 0 Å². The molecule has 1 fully saturated rings. The third-order valence-corrected chi connectivity index (χ3v) is 7.90. The number of hydrogen-bond donors (Lipinski definition) is 1. The Hall–Kier alpha value is -5.29. The number of fused-ring (bicyclic) bond motifs is 2. The van der Waals surface area contributed by atoms with Crippen LogP contribution in [0, 0.1) is 17.5 Å². The van der Waals surface area contributed by atoms with Crippen LogP contribution in [-0.2, 0) is 24.3 Å². The van der Waals surface area contributed by atoms with Gasteiger partial charge in [0.1, 0.15) is 29.9 Å². The van der Waals surface area contributed by atoms with Crippen molar-refractivity contribution in [3.63, 3.8) is 0 Å². The molecule has 45 heavy (non-hydrogen) atoms. The van der Waals surface area contributed by atoms with E-state index >= 15 is 8.78 Å². The number of imidazole rings is 1. The molecule has 8 nitrogen and oxygen atoms in total. The summed E-state index contributed by atoms with van der Waals surface area (Å²) in [6, 6.07) is 18.3. The number of rotatable bonds is 9. The lowest BCUT2D eigenvalue weighted by atomic mass is 10.0. The van der Waals surface area contributed by atoms with Crippen molar-refractivity contribution in [1.29, 1.82) is 0 Å². The number of carboxylic acid groups (broad SMARTS) is 1. The lowest BCUT2D eigenvalue weighted by molar-refractivity contribution is -0.0589. The Kier molecular flexibility index (Phi) is 7.38. The lowest BCUT2D eigenvalue weighted by Gasteiger charge is -2.27. The van der Waals surface area contributed by atoms with Crippen molar-refractivity contribution in [3.8, 4) is 17.1 Å². The molecule has 0 spiro atoms. The molecule has 226 valence electrons. The number of carbonyl (C=O) groups is 1. The summed E-state index contributed by atoms with van der Waals surface area (Å²) in [6.07, 6.45) is 2.15. The van der Waals surface area contributed by atoms with Gasteiger partial charge in [0.25, 0.3) is 0 Å². The van der Waals surface area contributed by atoms with Crippen molar-refractivity contribution < 1.29 is 32.5 Å². The third kappa shape index (κ3) is 5.69. The van der Waals surface area contributed by atoms with Gasteiger partial charge in [0, 0.05) is 53.4 Å². The number of nitrogens with zero attached hydrogens (tertiary/aromatic N) is 4. The van der Waals surface area contributed by atoms with E-state index in [1.165, 1.54) is 30.3 Å². The largest absolute Gasteiger partial charge is 0.478 e. The number of halogens is 3. The molecule has 11 heteroatoms. The van der Waals surface area contributed by atoms with E-state index in [0.717, 1.165) is 11.8 Å². The summed E-state index contributed by atoms with van der Waals surface area (Å²) >= 11 is 0. The second kappa shape index (κ2) is 11.7. The van der Waals surface area contributed by atoms with Gasteiger partial charge in [-0.3, -0.25) is 4.98 Å². The number of pyridine rings is 2. The van der Waals surface area contributed by atoms with E-state index in [2.05, 4.69) is 15.0 Å². The number of benzene rings is 3. The highest BCUT2D eigenvalue weighted by Crippen LogP contribution is 2.29. The molecule has 0 radical (unpaired) electrons. The zero-order chi connectivity index (χ0) is 31.1. The molecule has 0 bridgehead atoms. The first-order valence-corrected chi connectivity index (χ1v) is 14.3. The van der Waals surface area contributed by atoms with Gasteiger partial charge in [-0.05, 0) is 55.0 Å². The van der Waals surface area contributed by atoms with E-state index in [9.17, 15) is 14.3 Å². The van der Waals surface area contributed by atoms with Gasteiger partial charge in [-0.15, -0.1) is 0 Å². The number of ether oxygens (including phenoxy) is 2. The van der Waals surface area contributed by atoms with E-state index in [-0.39, 0.29) is 47.4 Å². The molecule has 1 atom stereocenters. The van der Waals surface area contributed by atoms with E-state index in [1.54, 1.807) is 47.2 Å². The fraction of sp³-hybridized carbons (Fsp3) is 0.176. The lowest BCUT2D eigenvalue weighted by Crippen LogP contribution is -2.31. The minimum absolute atomic E-state index is 0.0878. The molecule has 4 heterocycles. The summed E-state index contributed by atoms with van der Waals surface area (Å²) in [5.41, 5.74) is 2.30. The number of hydrogen-bond acceptors (Lipinski definition) is 6. The van der Waals surface area contributed by atoms with Crippen molar-refractivity contribution in [2.45, 2.75) is 32.1 Å². The molecule has 1 aliphatic rings. The number of carboxylic acids is 1. The van der Waals surface area contributed by atoms with Crippen LogP contribution in [0.4, 0.5) is 13.2 Å². The van der Waals surface area contributed by atoms with E-state index in [4.69, 9.17) is 9.47 Å². The Balaban J connectivity index is 1.14. The van der Waals surface area contributed by atoms with Crippen molar-refractivity contribution in [2.24, 2.45) is 0 Å². The summed E-state index contributed by atoms with van der Waals surface area (Å²) in [5.74, 6) is -2.56. The second-order valence-electron chi connectivity index (χ2n) is 10.8. The summed E-state index contributed by atoms with van der Waals surface area (Å²) in [5, 5.41) is 10.2. The molecule has 3 aromatic heterocycles. The standard InChI is InChI=1S/C34H25F3N4O4/c35-25-16-30-19(3-2-9-38-30)11-22(25)18-45-33-5-1-4-28(40-33)21-12-26(36)24(27(37)13-21)15-32-39-29-7-6-20(34(42)43)14-31(29)41(32)17-23-8-10-44-23/h1-7,9,11-14,16,23H,8,10,15,17-18H2,(H,42,43)/t23-/m0/s1. The van der Waals surface area contributed by atoms with Crippen molar-refractivity contribution in [3.05, 3.63) is 119 Å². The summed E-state index contributed by atoms with van der Waals surface area (Å²) in [7, 11) is 0. The van der Waals surface area contributed by atoms with Crippen LogP contribution in [0.1, 0.15) is 33.7 Å². The van der Waals surface area contributed by atoms with E-state index in [0.29, 0.717) is 41.1 Å². The SMILES string of the molecule is O=C(O)c1ccc2nc(Cc3c(F)cc(-c4cccc(OCc5cc6cccnc6cc5F)n4)cc3F)n(C[C@@H]3CCO3)c2c1. The molecule has 0 saturated carbocycles. The van der Waals surface area contributed by atoms with Gasteiger partial charge in [-0.2, -0.15) is 0 Å². The van der Waals surface area contributed by atoms with Crippen LogP contribution in [0.5, 0.6) is 5.88 Å². The van der Waals surface area contributed by atoms with E-state index < -0.39 is 23.4 Å². The predicted molar refractivity (Wildman–Crippen MR) is 159 cm³/mol. The minimum atomic E-state index is -1.08. The quantitative estimate of drug-likeness (QED) is 0.194. The average molecular weight is 611 g/mol. The molecule has 0 amide bonds. The predicted octanol–water partition coefficient (Wildman–Crippen LogP) is 6.72. The monoisotopic (exact) mass is 610 g/mol. The maximum Gasteiger partial charge on any atom is 0.335 e. The Morgan fingerprint density at radius 1 is 0.956 bits per heavy atom. The molecular weight excluding hydrogens is 585 g/mol. The molecule has 3 aromatic carbocycles. The first kappa shape index (κ1) is 28.5. The van der Waals surface area contributed by atoms with Gasteiger partial charge < -0.3 is 19.1 Å². The van der Waals surface area contributed by atoms with Crippen LogP contribution in [0.15, 0.2) is 79.0 Å². The normalized spacial score (nSPS) is 14.5. The molecule has 6 aromatic rings. The van der Waals surface area contributed by atoms with Gasteiger partial charge in [0.2, 0.25) is 5.88 Å². The fourth-order valence-electron chi connectivity index (χ4n) is 5.41. The first-order chi connectivity index (χ1) is 21.8. The second-order valence-corrected chi connectivity index (χ2v) is 10.8. The van der Waals surface area contributed by atoms with Crippen LogP contribution >= 0.6 is 0 Å². The summed E-state index contributed by atoms with van der Waals surface area (Å²) in [6.45, 7) is 0.901. The van der Waals surface area contributed by atoms with Crippen LogP contribution in [0.25, 0.3) is 33.2 Å². The maximum absolute atomic E-state index is 15.5. The zero-order valence-electron chi connectivity index (χ0n) is 23.7. The van der Waals surface area contributed by atoms with Gasteiger partial charge in [-0.1, -0.05) is 12.1 Å². The summed E-state index contributed by atoms with van der Waals surface area (Å²) in [4.78, 5) is 24.7. The molecule has 1 saturated heterocycles. The highest BCUT2D eigenvalue weighted by Gasteiger charge is 2.24. The maximum atomic E-state index is 15.5. The van der Waals surface area contributed by atoms with Gasteiger partial charge in [0.05, 0.1) is 40.5 Å². The van der Waals surface area contributed by atoms with Crippen LogP contribution < -0.4 is 4.74 Å².